The zero-order valence-corrected chi connectivity index (χ0v) is 12.7. The van der Waals surface area contributed by atoms with Gasteiger partial charge in [-0.2, -0.15) is 0 Å². The summed E-state index contributed by atoms with van der Waals surface area (Å²) >= 11 is 5.87. The molecule has 1 rings (SSSR count). The van der Waals surface area contributed by atoms with Gasteiger partial charge in [0.2, 0.25) is 5.91 Å². The summed E-state index contributed by atoms with van der Waals surface area (Å²) in [6, 6.07) is 5.01. The first-order chi connectivity index (χ1) is 9.52. The molecular formula is C14H22ClN3O2. The van der Waals surface area contributed by atoms with Gasteiger partial charge in [0.05, 0.1) is 18.0 Å². The number of rotatable bonds is 8. The van der Waals surface area contributed by atoms with Crippen LogP contribution in [0.15, 0.2) is 18.2 Å². The largest absolute Gasteiger partial charge is 0.397 e. The number of halogens is 1. The number of nitrogens with two attached hydrogens (primary N) is 1. The fourth-order valence-corrected chi connectivity index (χ4v) is 1.79. The van der Waals surface area contributed by atoms with E-state index in [0.29, 0.717) is 42.6 Å². The molecule has 0 aliphatic heterocycles. The molecule has 0 aliphatic carbocycles. The second-order valence-corrected chi connectivity index (χ2v) is 4.97. The van der Waals surface area contributed by atoms with Gasteiger partial charge in [-0.3, -0.25) is 4.79 Å². The van der Waals surface area contributed by atoms with Crippen molar-refractivity contribution in [2.75, 3.05) is 44.4 Å². The predicted molar refractivity (Wildman–Crippen MR) is 83.1 cm³/mol. The third-order valence-electron chi connectivity index (χ3n) is 2.83. The molecule has 20 heavy (non-hydrogen) atoms. The van der Waals surface area contributed by atoms with Crippen LogP contribution in [0.3, 0.4) is 0 Å². The molecule has 1 amide bonds. The predicted octanol–water partition coefficient (Wildman–Crippen LogP) is 2.22. The molecule has 0 unspecified atom stereocenters. The van der Waals surface area contributed by atoms with Crippen molar-refractivity contribution >= 4 is 28.9 Å². The zero-order chi connectivity index (χ0) is 15.0. The van der Waals surface area contributed by atoms with Gasteiger partial charge in [0.1, 0.15) is 0 Å². The molecule has 6 heteroatoms. The van der Waals surface area contributed by atoms with Crippen LogP contribution in [0.2, 0.25) is 5.02 Å². The number of carbonyl (C=O) groups excluding carboxylic acids is 1. The van der Waals surface area contributed by atoms with Crippen LogP contribution >= 0.6 is 11.6 Å². The molecule has 0 atom stereocenters. The summed E-state index contributed by atoms with van der Waals surface area (Å²) in [5, 5.41) is 3.31. The fourth-order valence-electron chi connectivity index (χ4n) is 1.62. The summed E-state index contributed by atoms with van der Waals surface area (Å²) in [7, 11) is 1.96. The van der Waals surface area contributed by atoms with Gasteiger partial charge >= 0.3 is 0 Å². The van der Waals surface area contributed by atoms with E-state index in [1.807, 2.05) is 14.0 Å². The quantitative estimate of drug-likeness (QED) is 0.570. The minimum atomic E-state index is -0.0813. The van der Waals surface area contributed by atoms with Crippen molar-refractivity contribution in [2.45, 2.75) is 13.3 Å². The van der Waals surface area contributed by atoms with Gasteiger partial charge in [-0.1, -0.05) is 11.6 Å². The highest BCUT2D eigenvalue weighted by molar-refractivity contribution is 6.31. The molecule has 5 nitrogen and oxygen atoms in total. The average molecular weight is 300 g/mol. The van der Waals surface area contributed by atoms with Crippen LogP contribution < -0.4 is 11.1 Å². The Morgan fingerprint density at radius 3 is 2.90 bits per heavy atom. The van der Waals surface area contributed by atoms with Crippen LogP contribution in [-0.4, -0.2) is 44.2 Å². The maximum atomic E-state index is 11.8. The SMILES string of the molecule is CCOCCN(C)CCC(=O)Nc1cc(Cl)ccc1N. The second-order valence-electron chi connectivity index (χ2n) is 4.53. The lowest BCUT2D eigenvalue weighted by Crippen LogP contribution is -2.27. The van der Waals surface area contributed by atoms with E-state index in [2.05, 4.69) is 10.2 Å². The Labute approximate surface area is 125 Å². The summed E-state index contributed by atoms with van der Waals surface area (Å²) in [5.74, 6) is -0.0813. The lowest BCUT2D eigenvalue weighted by atomic mass is 10.2. The molecule has 0 heterocycles. The van der Waals surface area contributed by atoms with Crippen molar-refractivity contribution in [3.05, 3.63) is 23.2 Å². The normalized spacial score (nSPS) is 10.8. The van der Waals surface area contributed by atoms with Gasteiger partial charge in [-0.15, -0.1) is 0 Å². The zero-order valence-electron chi connectivity index (χ0n) is 12.0. The van der Waals surface area contributed by atoms with Crippen molar-refractivity contribution < 1.29 is 9.53 Å². The van der Waals surface area contributed by atoms with Gasteiger partial charge in [0.15, 0.2) is 0 Å². The molecule has 0 spiro atoms. The smallest absolute Gasteiger partial charge is 0.225 e. The molecule has 3 N–H and O–H groups in total. The van der Waals surface area contributed by atoms with Gasteiger partial charge < -0.3 is 20.7 Å². The highest BCUT2D eigenvalue weighted by atomic mass is 35.5. The van der Waals surface area contributed by atoms with E-state index < -0.39 is 0 Å². The number of anilines is 2. The molecule has 0 fully saturated rings. The van der Waals surface area contributed by atoms with E-state index in [-0.39, 0.29) is 5.91 Å². The van der Waals surface area contributed by atoms with Crippen LogP contribution in [0, 0.1) is 0 Å². The first-order valence-electron chi connectivity index (χ1n) is 6.64. The van der Waals surface area contributed by atoms with Crippen molar-refractivity contribution in [3.8, 4) is 0 Å². The first-order valence-corrected chi connectivity index (χ1v) is 7.02. The maximum absolute atomic E-state index is 11.8. The third kappa shape index (κ3) is 6.23. The molecule has 1 aromatic carbocycles. The number of hydrogen-bond acceptors (Lipinski definition) is 4. The Balaban J connectivity index is 2.34. The van der Waals surface area contributed by atoms with Crippen LogP contribution in [0.1, 0.15) is 13.3 Å². The van der Waals surface area contributed by atoms with Crippen molar-refractivity contribution in [1.82, 2.24) is 4.90 Å². The summed E-state index contributed by atoms with van der Waals surface area (Å²) < 4.78 is 5.26. The van der Waals surface area contributed by atoms with E-state index in [0.717, 1.165) is 6.54 Å². The number of nitrogen functional groups attached to an aromatic ring is 1. The number of nitrogens with zero attached hydrogens (tertiary/aromatic N) is 1. The lowest BCUT2D eigenvalue weighted by molar-refractivity contribution is -0.116. The molecule has 0 bridgehead atoms. The number of amides is 1. The summed E-state index contributed by atoms with van der Waals surface area (Å²) in [5.41, 5.74) is 6.84. The topological polar surface area (TPSA) is 67.6 Å². The number of hydrogen-bond donors (Lipinski definition) is 2. The third-order valence-corrected chi connectivity index (χ3v) is 3.07. The van der Waals surface area contributed by atoms with Gasteiger partial charge in [0, 0.05) is 31.1 Å². The molecule has 0 aromatic heterocycles. The second kappa shape index (κ2) is 8.79. The Morgan fingerprint density at radius 1 is 1.45 bits per heavy atom. The molecule has 112 valence electrons. The molecular weight excluding hydrogens is 278 g/mol. The Kier molecular flexibility index (Phi) is 7.36. The van der Waals surface area contributed by atoms with Crippen LogP contribution in [0.5, 0.6) is 0 Å². The Bertz CT molecular complexity index is 440. The summed E-state index contributed by atoms with van der Waals surface area (Å²) in [4.78, 5) is 13.9. The standard InChI is InChI=1S/C14H22ClN3O2/c1-3-20-9-8-18(2)7-6-14(19)17-13-10-11(15)4-5-12(13)16/h4-5,10H,3,6-9,16H2,1-2H3,(H,17,19). The maximum Gasteiger partial charge on any atom is 0.225 e. The van der Waals surface area contributed by atoms with Crippen LogP contribution in [0.4, 0.5) is 11.4 Å². The molecule has 0 saturated heterocycles. The Morgan fingerprint density at radius 2 is 2.20 bits per heavy atom. The van der Waals surface area contributed by atoms with Gasteiger partial charge in [-0.05, 0) is 32.2 Å². The highest BCUT2D eigenvalue weighted by Crippen LogP contribution is 2.22. The Hall–Kier alpha value is -1.30. The molecule has 0 radical (unpaired) electrons. The fraction of sp³-hybridized carbons (Fsp3) is 0.500. The van der Waals surface area contributed by atoms with Gasteiger partial charge in [0.25, 0.3) is 0 Å². The minimum absolute atomic E-state index is 0.0813. The molecule has 0 aliphatic rings. The molecule has 0 saturated carbocycles. The van der Waals surface area contributed by atoms with Crippen LogP contribution in [-0.2, 0) is 9.53 Å². The lowest BCUT2D eigenvalue weighted by Gasteiger charge is -2.16. The minimum Gasteiger partial charge on any atom is -0.397 e. The monoisotopic (exact) mass is 299 g/mol. The van der Waals surface area contributed by atoms with E-state index >= 15 is 0 Å². The van der Waals surface area contributed by atoms with Crippen molar-refractivity contribution in [2.24, 2.45) is 0 Å². The van der Waals surface area contributed by atoms with Crippen LogP contribution in [0.25, 0.3) is 0 Å². The average Bonchev–Trinajstić information content (AvgIpc) is 2.41. The number of ether oxygens (including phenoxy) is 1. The summed E-state index contributed by atoms with van der Waals surface area (Å²) in [6.07, 6.45) is 0.397. The van der Waals surface area contributed by atoms with E-state index in [9.17, 15) is 4.79 Å². The highest BCUT2D eigenvalue weighted by Gasteiger charge is 2.07. The number of likely N-dealkylation sites (N-methyl/N-ethyl adjacent to an activating group) is 1. The number of nitrogens with one attached hydrogen (secondary N) is 1. The number of benzene rings is 1. The molecule has 1 aromatic rings. The number of carbonyl (C=O) groups is 1. The van der Waals surface area contributed by atoms with Crippen molar-refractivity contribution in [3.63, 3.8) is 0 Å². The van der Waals surface area contributed by atoms with E-state index in [1.165, 1.54) is 0 Å². The van der Waals surface area contributed by atoms with Gasteiger partial charge in [-0.25, -0.2) is 0 Å². The first kappa shape index (κ1) is 16.8. The van der Waals surface area contributed by atoms with E-state index in [1.54, 1.807) is 18.2 Å². The van der Waals surface area contributed by atoms with Crippen molar-refractivity contribution in [1.29, 1.82) is 0 Å². The summed E-state index contributed by atoms with van der Waals surface area (Å²) in [6.45, 7) is 4.82. The van der Waals surface area contributed by atoms with E-state index in [4.69, 9.17) is 22.1 Å².